The summed E-state index contributed by atoms with van der Waals surface area (Å²) >= 11 is 0. The van der Waals surface area contributed by atoms with Crippen molar-refractivity contribution in [3.63, 3.8) is 0 Å². The zero-order valence-corrected chi connectivity index (χ0v) is 11.6. The van der Waals surface area contributed by atoms with Gasteiger partial charge in [-0.3, -0.25) is 4.79 Å². The number of nitrogens with one attached hydrogen (secondary N) is 1. The predicted molar refractivity (Wildman–Crippen MR) is 76.1 cm³/mol. The topological polar surface area (TPSA) is 77.6 Å². The van der Waals surface area contributed by atoms with E-state index in [4.69, 9.17) is 14.2 Å². The van der Waals surface area contributed by atoms with E-state index in [0.29, 0.717) is 35.6 Å². The summed E-state index contributed by atoms with van der Waals surface area (Å²) in [5.74, 6) is 0.485. The summed E-state index contributed by atoms with van der Waals surface area (Å²) in [7, 11) is 0. The minimum absolute atomic E-state index is 0.0150. The molecule has 0 fully saturated rings. The molecular formula is C15H15NO5. The number of aromatic amines is 1. The van der Waals surface area contributed by atoms with Crippen LogP contribution < -0.4 is 14.9 Å². The van der Waals surface area contributed by atoms with Crippen molar-refractivity contribution in [1.29, 1.82) is 0 Å². The SMILES string of the molecule is CCOC(=O)c1c[nH]c2cc3c(cc2c1=O)OCCCO3. The van der Waals surface area contributed by atoms with E-state index >= 15 is 0 Å². The average molecular weight is 289 g/mol. The molecule has 0 radical (unpaired) electrons. The predicted octanol–water partition coefficient (Wildman–Crippen LogP) is 1.87. The van der Waals surface area contributed by atoms with E-state index in [1.54, 1.807) is 19.1 Å². The number of fused-ring (bicyclic) bond motifs is 2. The second-order valence-corrected chi connectivity index (χ2v) is 4.65. The molecule has 1 aliphatic heterocycles. The molecule has 1 N–H and O–H groups in total. The number of H-pyrrole nitrogens is 1. The van der Waals surface area contributed by atoms with Gasteiger partial charge in [0.05, 0.1) is 30.7 Å². The van der Waals surface area contributed by atoms with E-state index in [1.807, 2.05) is 0 Å². The first-order valence-electron chi connectivity index (χ1n) is 6.83. The second kappa shape index (κ2) is 5.47. The molecule has 0 saturated carbocycles. The van der Waals surface area contributed by atoms with Crippen molar-refractivity contribution in [2.45, 2.75) is 13.3 Å². The Hall–Kier alpha value is -2.50. The lowest BCUT2D eigenvalue weighted by Crippen LogP contribution is -2.18. The van der Waals surface area contributed by atoms with Gasteiger partial charge in [0.25, 0.3) is 0 Å². The number of hydrogen-bond acceptors (Lipinski definition) is 5. The van der Waals surface area contributed by atoms with Gasteiger partial charge >= 0.3 is 5.97 Å². The fourth-order valence-electron chi connectivity index (χ4n) is 2.24. The number of benzene rings is 1. The Morgan fingerprint density at radius 2 is 2.00 bits per heavy atom. The largest absolute Gasteiger partial charge is 0.490 e. The number of esters is 1. The lowest BCUT2D eigenvalue weighted by atomic mass is 10.1. The highest BCUT2D eigenvalue weighted by Gasteiger charge is 2.17. The molecule has 2 heterocycles. The van der Waals surface area contributed by atoms with Crippen LogP contribution in [0.2, 0.25) is 0 Å². The molecule has 1 aromatic carbocycles. The minimum atomic E-state index is -0.632. The van der Waals surface area contributed by atoms with Crippen molar-refractivity contribution in [2.24, 2.45) is 0 Å². The third-order valence-electron chi connectivity index (χ3n) is 3.24. The minimum Gasteiger partial charge on any atom is -0.490 e. The number of hydrogen-bond donors (Lipinski definition) is 1. The normalized spacial score (nSPS) is 13.8. The molecule has 0 atom stereocenters. The van der Waals surface area contributed by atoms with E-state index in [1.165, 1.54) is 6.20 Å². The van der Waals surface area contributed by atoms with Gasteiger partial charge in [-0.15, -0.1) is 0 Å². The van der Waals surface area contributed by atoms with Gasteiger partial charge in [-0.1, -0.05) is 0 Å². The molecule has 0 bridgehead atoms. The van der Waals surface area contributed by atoms with Gasteiger partial charge in [0.15, 0.2) is 11.5 Å². The Morgan fingerprint density at radius 1 is 1.29 bits per heavy atom. The van der Waals surface area contributed by atoms with Gasteiger partial charge < -0.3 is 19.2 Å². The summed E-state index contributed by atoms with van der Waals surface area (Å²) in [5, 5.41) is 0.379. The van der Waals surface area contributed by atoms with Crippen molar-refractivity contribution >= 4 is 16.9 Å². The molecule has 2 aromatic rings. The van der Waals surface area contributed by atoms with E-state index in [2.05, 4.69) is 4.98 Å². The molecule has 0 amide bonds. The molecule has 6 nitrogen and oxygen atoms in total. The van der Waals surface area contributed by atoms with E-state index in [9.17, 15) is 9.59 Å². The van der Waals surface area contributed by atoms with Crippen LogP contribution in [0.4, 0.5) is 0 Å². The summed E-state index contributed by atoms with van der Waals surface area (Å²) in [4.78, 5) is 27.1. The summed E-state index contributed by atoms with van der Waals surface area (Å²) in [6.07, 6.45) is 2.15. The maximum Gasteiger partial charge on any atom is 0.343 e. The summed E-state index contributed by atoms with van der Waals surface area (Å²) in [5.41, 5.74) is 0.203. The molecule has 0 unspecified atom stereocenters. The van der Waals surface area contributed by atoms with Crippen molar-refractivity contribution in [3.05, 3.63) is 34.1 Å². The standard InChI is InChI=1S/C15H15NO5/c1-2-19-15(18)10-8-16-11-7-13-12(6-9(11)14(10)17)20-4-3-5-21-13/h6-8H,2-5H2,1H3,(H,16,17). The Bertz CT molecular complexity index is 750. The number of carbonyl (C=O) groups excluding carboxylic acids is 1. The fraction of sp³-hybridized carbons (Fsp3) is 0.333. The monoisotopic (exact) mass is 289 g/mol. The maximum atomic E-state index is 12.4. The van der Waals surface area contributed by atoms with Gasteiger partial charge in [0, 0.05) is 18.7 Å². The van der Waals surface area contributed by atoms with Crippen LogP contribution in [0.15, 0.2) is 23.1 Å². The van der Waals surface area contributed by atoms with Crippen LogP contribution in [0.3, 0.4) is 0 Å². The van der Waals surface area contributed by atoms with Gasteiger partial charge in [-0.05, 0) is 13.0 Å². The lowest BCUT2D eigenvalue weighted by Gasteiger charge is -2.09. The zero-order chi connectivity index (χ0) is 14.8. The van der Waals surface area contributed by atoms with E-state index in [0.717, 1.165) is 6.42 Å². The molecule has 1 aromatic heterocycles. The first kappa shape index (κ1) is 13.5. The average Bonchev–Trinajstić information content (AvgIpc) is 2.71. The highest BCUT2D eigenvalue weighted by Crippen LogP contribution is 2.32. The van der Waals surface area contributed by atoms with Gasteiger partial charge in [0.1, 0.15) is 5.56 Å². The summed E-state index contributed by atoms with van der Waals surface area (Å²) in [6, 6.07) is 3.32. The summed E-state index contributed by atoms with van der Waals surface area (Å²) < 4.78 is 16.0. The van der Waals surface area contributed by atoms with Crippen LogP contribution >= 0.6 is 0 Å². The van der Waals surface area contributed by atoms with Crippen molar-refractivity contribution in [2.75, 3.05) is 19.8 Å². The first-order chi connectivity index (χ1) is 10.2. The van der Waals surface area contributed by atoms with Crippen LogP contribution in [-0.2, 0) is 4.74 Å². The van der Waals surface area contributed by atoms with Crippen LogP contribution in [0.1, 0.15) is 23.7 Å². The highest BCUT2D eigenvalue weighted by molar-refractivity contribution is 5.94. The lowest BCUT2D eigenvalue weighted by molar-refractivity contribution is 0.0524. The van der Waals surface area contributed by atoms with Gasteiger partial charge in [-0.2, -0.15) is 0 Å². The van der Waals surface area contributed by atoms with Crippen molar-refractivity contribution < 1.29 is 19.0 Å². The number of aromatic nitrogens is 1. The molecule has 110 valence electrons. The third-order valence-corrected chi connectivity index (χ3v) is 3.24. The Labute approximate surface area is 120 Å². The Morgan fingerprint density at radius 3 is 2.71 bits per heavy atom. The number of rotatable bonds is 2. The van der Waals surface area contributed by atoms with Crippen LogP contribution in [-0.4, -0.2) is 30.8 Å². The number of ether oxygens (including phenoxy) is 3. The van der Waals surface area contributed by atoms with Gasteiger partial charge in [-0.25, -0.2) is 4.79 Å². The zero-order valence-electron chi connectivity index (χ0n) is 11.6. The highest BCUT2D eigenvalue weighted by atomic mass is 16.5. The molecular weight excluding hydrogens is 274 g/mol. The van der Waals surface area contributed by atoms with Crippen LogP contribution in [0.5, 0.6) is 11.5 Å². The van der Waals surface area contributed by atoms with E-state index < -0.39 is 5.97 Å². The molecule has 21 heavy (non-hydrogen) atoms. The summed E-state index contributed by atoms with van der Waals surface area (Å²) in [6.45, 7) is 3.02. The maximum absolute atomic E-state index is 12.4. The fourth-order valence-corrected chi connectivity index (χ4v) is 2.24. The smallest absolute Gasteiger partial charge is 0.343 e. The van der Waals surface area contributed by atoms with Crippen LogP contribution in [0.25, 0.3) is 10.9 Å². The van der Waals surface area contributed by atoms with Crippen LogP contribution in [0, 0.1) is 0 Å². The number of carbonyl (C=O) groups is 1. The second-order valence-electron chi connectivity index (χ2n) is 4.65. The molecule has 0 aliphatic carbocycles. The molecule has 6 heteroatoms. The molecule has 0 spiro atoms. The third kappa shape index (κ3) is 2.44. The quantitative estimate of drug-likeness (QED) is 0.854. The Kier molecular flexibility index (Phi) is 3.51. The molecule has 3 rings (SSSR count). The Balaban J connectivity index is 2.15. The molecule has 1 aliphatic rings. The van der Waals surface area contributed by atoms with Crippen molar-refractivity contribution in [3.8, 4) is 11.5 Å². The van der Waals surface area contributed by atoms with E-state index in [-0.39, 0.29) is 17.6 Å². The number of pyridine rings is 1. The van der Waals surface area contributed by atoms with Crippen molar-refractivity contribution in [1.82, 2.24) is 4.98 Å². The molecule has 0 saturated heterocycles. The first-order valence-corrected chi connectivity index (χ1v) is 6.83. The van der Waals surface area contributed by atoms with Gasteiger partial charge in [0.2, 0.25) is 5.43 Å².